The standard InChI is InChI=1S/C20H19N3O3S2/c1-3-26-17-7-9-18(10-8-17)28(24,25)22-16-6-4-5-15(11-16)19-12-23-14(2)13-27-20(23)21-19/h4-13,22H,3H2,1-2H3. The van der Waals surface area contributed by atoms with Gasteiger partial charge in [0, 0.05) is 28.5 Å². The molecule has 4 rings (SSSR count). The lowest BCUT2D eigenvalue weighted by atomic mass is 10.1. The maximum atomic E-state index is 12.7. The molecule has 2 heterocycles. The van der Waals surface area contributed by atoms with Gasteiger partial charge in [-0.15, -0.1) is 11.3 Å². The van der Waals surface area contributed by atoms with Gasteiger partial charge in [0.15, 0.2) is 4.96 Å². The van der Waals surface area contributed by atoms with Crippen molar-refractivity contribution in [3.8, 4) is 17.0 Å². The van der Waals surface area contributed by atoms with Gasteiger partial charge in [0.05, 0.1) is 17.2 Å². The molecule has 0 saturated carbocycles. The van der Waals surface area contributed by atoms with Crippen LogP contribution in [-0.4, -0.2) is 24.4 Å². The molecule has 2 aromatic heterocycles. The fraction of sp³-hybridized carbons (Fsp3) is 0.150. The first kappa shape index (κ1) is 18.5. The highest BCUT2D eigenvalue weighted by atomic mass is 32.2. The molecule has 0 fully saturated rings. The molecular formula is C20H19N3O3S2. The van der Waals surface area contributed by atoms with Gasteiger partial charge in [-0.2, -0.15) is 0 Å². The van der Waals surface area contributed by atoms with E-state index in [1.165, 1.54) is 12.1 Å². The van der Waals surface area contributed by atoms with Crippen molar-refractivity contribution >= 4 is 32.0 Å². The van der Waals surface area contributed by atoms with Crippen LogP contribution >= 0.6 is 11.3 Å². The van der Waals surface area contributed by atoms with Gasteiger partial charge in [0.25, 0.3) is 10.0 Å². The number of sulfonamides is 1. The number of ether oxygens (including phenoxy) is 1. The van der Waals surface area contributed by atoms with Gasteiger partial charge in [-0.25, -0.2) is 13.4 Å². The number of thiazole rings is 1. The largest absolute Gasteiger partial charge is 0.494 e. The number of nitrogens with one attached hydrogen (secondary N) is 1. The predicted octanol–water partition coefficient (Wildman–Crippen LogP) is 4.57. The van der Waals surface area contributed by atoms with E-state index in [4.69, 9.17) is 4.74 Å². The van der Waals surface area contributed by atoms with E-state index in [1.54, 1.807) is 35.6 Å². The van der Waals surface area contributed by atoms with Crippen molar-refractivity contribution in [2.45, 2.75) is 18.7 Å². The summed E-state index contributed by atoms with van der Waals surface area (Å²) in [6, 6.07) is 13.6. The first-order valence-electron chi connectivity index (χ1n) is 8.75. The number of fused-ring (bicyclic) bond motifs is 1. The summed E-state index contributed by atoms with van der Waals surface area (Å²) in [5.74, 6) is 0.637. The first-order chi connectivity index (χ1) is 13.5. The highest BCUT2D eigenvalue weighted by Crippen LogP contribution is 2.26. The second-order valence-corrected chi connectivity index (χ2v) is 8.77. The molecule has 1 N–H and O–H groups in total. The molecule has 0 saturated heterocycles. The minimum absolute atomic E-state index is 0.180. The Balaban J connectivity index is 1.60. The summed E-state index contributed by atoms with van der Waals surface area (Å²) in [4.78, 5) is 5.71. The summed E-state index contributed by atoms with van der Waals surface area (Å²) in [5, 5.41) is 2.05. The van der Waals surface area contributed by atoms with Crippen molar-refractivity contribution < 1.29 is 13.2 Å². The summed E-state index contributed by atoms with van der Waals surface area (Å²) in [6.07, 6.45) is 1.96. The van der Waals surface area contributed by atoms with E-state index >= 15 is 0 Å². The Morgan fingerprint density at radius 1 is 1.18 bits per heavy atom. The highest BCUT2D eigenvalue weighted by molar-refractivity contribution is 7.92. The van der Waals surface area contributed by atoms with Gasteiger partial charge in [-0.3, -0.25) is 9.12 Å². The number of aromatic nitrogens is 2. The first-order valence-corrected chi connectivity index (χ1v) is 11.1. The summed E-state index contributed by atoms with van der Waals surface area (Å²) in [7, 11) is -3.69. The average molecular weight is 414 g/mol. The van der Waals surface area contributed by atoms with Crippen molar-refractivity contribution in [2.24, 2.45) is 0 Å². The molecule has 28 heavy (non-hydrogen) atoms. The Labute approximate surface area is 167 Å². The normalized spacial score (nSPS) is 11.6. The van der Waals surface area contributed by atoms with Crippen LogP contribution in [0.5, 0.6) is 5.75 Å². The van der Waals surface area contributed by atoms with Crippen molar-refractivity contribution in [2.75, 3.05) is 11.3 Å². The van der Waals surface area contributed by atoms with Crippen LogP contribution in [0.2, 0.25) is 0 Å². The summed E-state index contributed by atoms with van der Waals surface area (Å²) in [5.41, 5.74) is 3.25. The Morgan fingerprint density at radius 3 is 2.68 bits per heavy atom. The SMILES string of the molecule is CCOc1ccc(S(=O)(=O)Nc2cccc(-c3cn4c(C)csc4n3)c2)cc1. The minimum Gasteiger partial charge on any atom is -0.494 e. The molecule has 0 spiro atoms. The average Bonchev–Trinajstić information content (AvgIpc) is 3.25. The van der Waals surface area contributed by atoms with Gasteiger partial charge in [-0.05, 0) is 50.2 Å². The third-order valence-electron chi connectivity index (χ3n) is 4.24. The van der Waals surface area contributed by atoms with Crippen LogP contribution in [0.4, 0.5) is 5.69 Å². The van der Waals surface area contributed by atoms with Crippen LogP contribution in [0, 0.1) is 6.92 Å². The Morgan fingerprint density at radius 2 is 1.96 bits per heavy atom. The van der Waals surface area contributed by atoms with Crippen LogP contribution in [0.1, 0.15) is 12.6 Å². The van der Waals surface area contributed by atoms with E-state index in [0.29, 0.717) is 18.0 Å². The number of hydrogen-bond acceptors (Lipinski definition) is 5. The third-order valence-corrected chi connectivity index (χ3v) is 6.60. The zero-order valence-electron chi connectivity index (χ0n) is 15.4. The quantitative estimate of drug-likeness (QED) is 0.502. The van der Waals surface area contributed by atoms with Gasteiger partial charge >= 0.3 is 0 Å². The Hall–Kier alpha value is -2.84. The Bertz CT molecular complexity index is 1230. The Kier molecular flexibility index (Phi) is 4.82. The number of benzene rings is 2. The van der Waals surface area contributed by atoms with Crippen LogP contribution in [0.15, 0.2) is 65.0 Å². The van der Waals surface area contributed by atoms with Gasteiger partial charge in [0.2, 0.25) is 0 Å². The fourth-order valence-electron chi connectivity index (χ4n) is 2.87. The van der Waals surface area contributed by atoms with E-state index in [0.717, 1.165) is 21.9 Å². The lowest BCUT2D eigenvalue weighted by Crippen LogP contribution is -2.12. The zero-order chi connectivity index (χ0) is 19.7. The number of aryl methyl sites for hydroxylation is 1. The molecule has 0 atom stereocenters. The van der Waals surface area contributed by atoms with Crippen molar-refractivity contribution in [3.05, 3.63) is 65.8 Å². The number of hydrogen-bond donors (Lipinski definition) is 1. The second kappa shape index (κ2) is 7.29. The van der Waals surface area contributed by atoms with E-state index in [2.05, 4.69) is 9.71 Å². The third kappa shape index (κ3) is 3.61. The second-order valence-electron chi connectivity index (χ2n) is 6.25. The molecule has 2 aromatic carbocycles. The van der Waals surface area contributed by atoms with Crippen LogP contribution in [-0.2, 0) is 10.0 Å². The molecule has 144 valence electrons. The highest BCUT2D eigenvalue weighted by Gasteiger charge is 2.15. The van der Waals surface area contributed by atoms with E-state index in [9.17, 15) is 8.42 Å². The maximum absolute atomic E-state index is 12.7. The topological polar surface area (TPSA) is 72.7 Å². The van der Waals surface area contributed by atoms with E-state index in [-0.39, 0.29) is 4.90 Å². The molecule has 0 aliphatic rings. The molecule has 6 nitrogen and oxygen atoms in total. The van der Waals surface area contributed by atoms with Crippen molar-refractivity contribution in [1.29, 1.82) is 0 Å². The number of rotatable bonds is 6. The fourth-order valence-corrected chi connectivity index (χ4v) is 4.77. The van der Waals surface area contributed by atoms with Gasteiger partial charge < -0.3 is 4.74 Å². The lowest BCUT2D eigenvalue weighted by molar-refractivity contribution is 0.340. The summed E-state index contributed by atoms with van der Waals surface area (Å²) >= 11 is 1.58. The molecule has 0 amide bonds. The molecule has 0 radical (unpaired) electrons. The van der Waals surface area contributed by atoms with Crippen molar-refractivity contribution in [3.63, 3.8) is 0 Å². The van der Waals surface area contributed by atoms with Gasteiger partial charge in [0.1, 0.15) is 5.75 Å². The molecule has 0 aliphatic carbocycles. The van der Waals surface area contributed by atoms with Gasteiger partial charge in [-0.1, -0.05) is 12.1 Å². The monoisotopic (exact) mass is 413 g/mol. The molecular weight excluding hydrogens is 394 g/mol. The summed E-state index contributed by atoms with van der Waals surface area (Å²) < 4.78 is 35.4. The maximum Gasteiger partial charge on any atom is 0.261 e. The van der Waals surface area contributed by atoms with Crippen LogP contribution in [0.25, 0.3) is 16.2 Å². The molecule has 4 aromatic rings. The molecule has 8 heteroatoms. The summed E-state index contributed by atoms with van der Waals surface area (Å²) in [6.45, 7) is 4.43. The molecule has 0 bridgehead atoms. The van der Waals surface area contributed by atoms with Crippen LogP contribution in [0.3, 0.4) is 0 Å². The zero-order valence-corrected chi connectivity index (χ0v) is 17.0. The number of imidazole rings is 1. The smallest absolute Gasteiger partial charge is 0.261 e. The predicted molar refractivity (Wildman–Crippen MR) is 112 cm³/mol. The number of anilines is 1. The van der Waals surface area contributed by atoms with E-state index < -0.39 is 10.0 Å². The van der Waals surface area contributed by atoms with Crippen LogP contribution < -0.4 is 9.46 Å². The van der Waals surface area contributed by atoms with Crippen molar-refractivity contribution in [1.82, 2.24) is 9.38 Å². The molecule has 0 unspecified atom stereocenters. The molecule has 0 aliphatic heterocycles. The lowest BCUT2D eigenvalue weighted by Gasteiger charge is -2.10. The number of nitrogens with zero attached hydrogens (tertiary/aromatic N) is 2. The van der Waals surface area contributed by atoms with E-state index in [1.807, 2.05) is 42.0 Å². The minimum atomic E-state index is -3.69.